The molecule has 42 heavy (non-hydrogen) atoms. The second kappa shape index (κ2) is 13.6. The standard InChI is InChI=1S/C31H32N6O3S2/c1-4-5-16-40-23-14-12-22(13-15-23)29(39)32-18-27-35-36-31(37(27)25-17-20(2)10-11-21(25)3)41-19-28(38)34-30-33-24-8-6-7-9-26(24)42-30/h6-15,17H,4-5,16,18-19H2,1-3H3,(H,32,39)(H,33,34,38). The molecule has 2 N–H and O–H groups in total. The van der Waals surface area contributed by atoms with E-state index >= 15 is 0 Å². The fraction of sp³-hybridized carbons (Fsp3) is 0.258. The molecular weight excluding hydrogens is 569 g/mol. The lowest BCUT2D eigenvalue weighted by Crippen LogP contribution is -2.24. The zero-order chi connectivity index (χ0) is 29.5. The number of anilines is 1. The van der Waals surface area contributed by atoms with Gasteiger partial charge in [-0.25, -0.2) is 4.98 Å². The number of hydrogen-bond acceptors (Lipinski definition) is 8. The van der Waals surface area contributed by atoms with Crippen LogP contribution in [0.25, 0.3) is 15.9 Å². The van der Waals surface area contributed by atoms with Crippen LogP contribution in [0.4, 0.5) is 5.13 Å². The molecule has 5 aromatic rings. The zero-order valence-electron chi connectivity index (χ0n) is 23.7. The third-order valence-corrected chi connectivity index (χ3v) is 8.35. The van der Waals surface area contributed by atoms with E-state index in [0.29, 0.717) is 28.3 Å². The maximum Gasteiger partial charge on any atom is 0.251 e. The van der Waals surface area contributed by atoms with Crippen LogP contribution < -0.4 is 15.4 Å². The molecule has 0 aliphatic heterocycles. The summed E-state index contributed by atoms with van der Waals surface area (Å²) in [7, 11) is 0. The summed E-state index contributed by atoms with van der Waals surface area (Å²) in [5.41, 5.74) is 4.37. The van der Waals surface area contributed by atoms with Gasteiger partial charge >= 0.3 is 0 Å². The summed E-state index contributed by atoms with van der Waals surface area (Å²) in [6, 6.07) is 21.0. The van der Waals surface area contributed by atoms with Crippen molar-refractivity contribution in [3.05, 3.63) is 89.2 Å². The summed E-state index contributed by atoms with van der Waals surface area (Å²) in [6.07, 6.45) is 2.04. The minimum Gasteiger partial charge on any atom is -0.494 e. The summed E-state index contributed by atoms with van der Waals surface area (Å²) in [5.74, 6) is 1.01. The van der Waals surface area contributed by atoms with Crippen LogP contribution in [0.5, 0.6) is 5.75 Å². The van der Waals surface area contributed by atoms with Crippen molar-refractivity contribution < 1.29 is 14.3 Å². The van der Waals surface area contributed by atoms with Gasteiger partial charge in [0.15, 0.2) is 16.1 Å². The van der Waals surface area contributed by atoms with Gasteiger partial charge in [-0.3, -0.25) is 14.2 Å². The molecule has 11 heteroatoms. The zero-order valence-corrected chi connectivity index (χ0v) is 25.3. The van der Waals surface area contributed by atoms with Crippen LogP contribution in [0.15, 0.2) is 71.9 Å². The molecule has 216 valence electrons. The Labute approximate surface area is 252 Å². The summed E-state index contributed by atoms with van der Waals surface area (Å²) in [6.45, 7) is 6.95. The number of amides is 2. The number of rotatable bonds is 12. The first kappa shape index (κ1) is 29.3. The largest absolute Gasteiger partial charge is 0.494 e. The summed E-state index contributed by atoms with van der Waals surface area (Å²) < 4.78 is 8.62. The number of aryl methyl sites for hydroxylation is 2. The summed E-state index contributed by atoms with van der Waals surface area (Å²) in [4.78, 5) is 30.2. The normalized spacial score (nSPS) is 11.0. The highest BCUT2D eigenvalue weighted by molar-refractivity contribution is 7.99. The minimum absolute atomic E-state index is 0.123. The quantitative estimate of drug-likeness (QED) is 0.127. The van der Waals surface area contributed by atoms with Crippen LogP contribution in [0.3, 0.4) is 0 Å². The van der Waals surface area contributed by atoms with Gasteiger partial charge in [0, 0.05) is 5.56 Å². The first-order valence-corrected chi connectivity index (χ1v) is 15.5. The number of carbonyl (C=O) groups is 2. The molecule has 0 bridgehead atoms. The van der Waals surface area contributed by atoms with Crippen molar-refractivity contribution in [1.29, 1.82) is 0 Å². The van der Waals surface area contributed by atoms with Crippen molar-refractivity contribution in [1.82, 2.24) is 25.1 Å². The number of unbranched alkanes of at least 4 members (excludes halogenated alkanes) is 1. The maximum atomic E-state index is 12.9. The van der Waals surface area contributed by atoms with Crippen molar-refractivity contribution in [2.75, 3.05) is 17.7 Å². The van der Waals surface area contributed by atoms with E-state index in [2.05, 4.69) is 32.7 Å². The van der Waals surface area contributed by atoms with Gasteiger partial charge in [0.05, 0.1) is 34.8 Å². The molecule has 9 nitrogen and oxygen atoms in total. The first-order chi connectivity index (χ1) is 20.4. The average molecular weight is 601 g/mol. The molecule has 0 aliphatic rings. The molecule has 2 aromatic heterocycles. The number of nitrogens with zero attached hydrogens (tertiary/aromatic N) is 4. The van der Waals surface area contributed by atoms with Gasteiger partial charge < -0.3 is 15.4 Å². The monoisotopic (exact) mass is 600 g/mol. The molecule has 5 rings (SSSR count). The van der Waals surface area contributed by atoms with Crippen LogP contribution in [-0.2, 0) is 11.3 Å². The number of ether oxygens (including phenoxy) is 1. The van der Waals surface area contributed by atoms with E-state index in [1.165, 1.54) is 23.1 Å². The molecule has 0 saturated carbocycles. The number of fused-ring (bicyclic) bond motifs is 1. The number of nitrogens with one attached hydrogen (secondary N) is 2. The van der Waals surface area contributed by atoms with E-state index in [0.717, 1.165) is 45.6 Å². The fourth-order valence-electron chi connectivity index (χ4n) is 4.22. The second-order valence-electron chi connectivity index (χ2n) is 9.76. The Morgan fingerprint density at radius 2 is 1.83 bits per heavy atom. The Hall–Kier alpha value is -4.22. The topological polar surface area (TPSA) is 111 Å². The van der Waals surface area contributed by atoms with Crippen molar-refractivity contribution in [2.45, 2.75) is 45.3 Å². The number of thiazole rings is 1. The molecule has 0 atom stereocenters. The highest BCUT2D eigenvalue weighted by Crippen LogP contribution is 2.28. The molecule has 0 unspecified atom stereocenters. The third-order valence-electron chi connectivity index (χ3n) is 6.47. The van der Waals surface area contributed by atoms with Crippen LogP contribution >= 0.6 is 23.1 Å². The SMILES string of the molecule is CCCCOc1ccc(C(=O)NCc2nnc(SCC(=O)Nc3nc4ccccc4s3)n2-c2cc(C)ccc2C)cc1. The lowest BCUT2D eigenvalue weighted by atomic mass is 10.1. The fourth-order valence-corrected chi connectivity index (χ4v) is 5.87. The Bertz CT molecular complexity index is 1660. The molecule has 0 spiro atoms. The van der Waals surface area contributed by atoms with Crippen LogP contribution in [0.2, 0.25) is 0 Å². The predicted octanol–water partition coefficient (Wildman–Crippen LogP) is 6.33. The van der Waals surface area contributed by atoms with E-state index in [9.17, 15) is 9.59 Å². The number of para-hydroxylation sites is 1. The molecule has 0 fully saturated rings. The van der Waals surface area contributed by atoms with Crippen LogP contribution in [0, 0.1) is 13.8 Å². The Balaban J connectivity index is 1.29. The Kier molecular flexibility index (Phi) is 9.50. The van der Waals surface area contributed by atoms with E-state index in [4.69, 9.17) is 4.74 Å². The van der Waals surface area contributed by atoms with Crippen molar-refractivity contribution in [2.24, 2.45) is 0 Å². The number of thioether (sulfide) groups is 1. The van der Waals surface area contributed by atoms with E-state index in [1.807, 2.05) is 60.9 Å². The molecular formula is C31H32N6O3S2. The molecule has 0 aliphatic carbocycles. The summed E-state index contributed by atoms with van der Waals surface area (Å²) in [5, 5.41) is 15.7. The lowest BCUT2D eigenvalue weighted by molar-refractivity contribution is -0.113. The van der Waals surface area contributed by atoms with E-state index in [1.54, 1.807) is 24.3 Å². The van der Waals surface area contributed by atoms with Crippen molar-refractivity contribution in [3.63, 3.8) is 0 Å². The minimum atomic E-state index is -0.227. The van der Waals surface area contributed by atoms with E-state index in [-0.39, 0.29) is 24.1 Å². The van der Waals surface area contributed by atoms with Crippen molar-refractivity contribution >= 4 is 50.3 Å². The average Bonchev–Trinajstić information content (AvgIpc) is 3.59. The number of benzene rings is 3. The summed E-state index contributed by atoms with van der Waals surface area (Å²) >= 11 is 2.71. The number of aromatic nitrogens is 4. The van der Waals surface area contributed by atoms with Gasteiger partial charge in [0.25, 0.3) is 5.91 Å². The van der Waals surface area contributed by atoms with Crippen LogP contribution in [-0.4, -0.2) is 43.9 Å². The van der Waals surface area contributed by atoms with Gasteiger partial charge in [-0.05, 0) is 73.9 Å². The molecule has 2 heterocycles. The molecule has 0 radical (unpaired) electrons. The number of hydrogen-bond donors (Lipinski definition) is 2. The van der Waals surface area contributed by atoms with Crippen molar-refractivity contribution in [3.8, 4) is 11.4 Å². The molecule has 2 amide bonds. The smallest absolute Gasteiger partial charge is 0.251 e. The van der Waals surface area contributed by atoms with Gasteiger partial charge in [-0.15, -0.1) is 10.2 Å². The predicted molar refractivity (Wildman–Crippen MR) is 168 cm³/mol. The maximum absolute atomic E-state index is 12.9. The van der Waals surface area contributed by atoms with Crippen LogP contribution in [0.1, 0.15) is 47.1 Å². The second-order valence-corrected chi connectivity index (χ2v) is 11.7. The molecule has 3 aromatic carbocycles. The van der Waals surface area contributed by atoms with Gasteiger partial charge in [0.1, 0.15) is 5.75 Å². The van der Waals surface area contributed by atoms with Gasteiger partial charge in [-0.1, -0.05) is 60.7 Å². The van der Waals surface area contributed by atoms with Gasteiger partial charge in [-0.2, -0.15) is 0 Å². The molecule has 0 saturated heterocycles. The van der Waals surface area contributed by atoms with E-state index < -0.39 is 0 Å². The third kappa shape index (κ3) is 7.15. The number of carbonyl (C=O) groups excluding carboxylic acids is 2. The lowest BCUT2D eigenvalue weighted by Gasteiger charge is -2.14. The first-order valence-electron chi connectivity index (χ1n) is 13.7. The van der Waals surface area contributed by atoms with Gasteiger partial charge in [0.2, 0.25) is 5.91 Å². The Morgan fingerprint density at radius 1 is 1.02 bits per heavy atom. The highest BCUT2D eigenvalue weighted by Gasteiger charge is 2.19. The highest BCUT2D eigenvalue weighted by atomic mass is 32.2. The Morgan fingerprint density at radius 3 is 2.62 bits per heavy atom.